The molecule has 30 heavy (non-hydrogen) atoms. The van der Waals surface area contributed by atoms with E-state index < -0.39 is 10.0 Å². The van der Waals surface area contributed by atoms with Crippen molar-refractivity contribution in [3.8, 4) is 0 Å². The second-order valence-corrected chi connectivity index (χ2v) is 10.5. The Morgan fingerprint density at radius 2 is 1.83 bits per heavy atom. The van der Waals surface area contributed by atoms with Crippen LogP contribution in [0.25, 0.3) is 0 Å². The maximum Gasteiger partial charge on any atom is 0.243 e. The minimum absolute atomic E-state index is 0.257. The Bertz CT molecular complexity index is 970. The Morgan fingerprint density at radius 1 is 1.10 bits per heavy atom. The van der Waals surface area contributed by atoms with E-state index in [-0.39, 0.29) is 6.04 Å². The van der Waals surface area contributed by atoms with Crippen molar-refractivity contribution in [2.45, 2.75) is 56.6 Å². The minimum atomic E-state index is -3.45. The molecule has 0 saturated carbocycles. The molecule has 2 aromatic rings. The molecule has 2 aliphatic rings. The van der Waals surface area contributed by atoms with Crippen molar-refractivity contribution < 1.29 is 13.2 Å². The Labute approximate surface area is 184 Å². The lowest BCUT2D eigenvalue weighted by Crippen LogP contribution is -2.48. The summed E-state index contributed by atoms with van der Waals surface area (Å²) in [4.78, 5) is 2.64. The molecule has 0 radical (unpaired) electrons. The van der Waals surface area contributed by atoms with Crippen molar-refractivity contribution in [2.75, 3.05) is 24.7 Å². The standard InChI is InChI=1S/C23H29ClN2O3S/c1-2-3-4-18-5-8-22(9-6-18)30(27,28)25-13-11-21(12-14-25)26-17-29-16-19-15-20(24)7-10-23(19)26/h5-10,15,21H,2-4,11-14,16-17H2,1H3. The van der Waals surface area contributed by atoms with Gasteiger partial charge in [0.15, 0.2) is 0 Å². The van der Waals surface area contributed by atoms with Gasteiger partial charge in [-0.25, -0.2) is 8.42 Å². The van der Waals surface area contributed by atoms with Gasteiger partial charge in [-0.3, -0.25) is 0 Å². The summed E-state index contributed by atoms with van der Waals surface area (Å²) in [7, 11) is -3.45. The average Bonchev–Trinajstić information content (AvgIpc) is 2.77. The smallest absolute Gasteiger partial charge is 0.243 e. The number of hydrogen-bond acceptors (Lipinski definition) is 4. The SMILES string of the molecule is CCCCc1ccc(S(=O)(=O)N2CCC(N3COCc4cc(Cl)ccc43)CC2)cc1. The van der Waals surface area contributed by atoms with Crippen LogP contribution in [0.3, 0.4) is 0 Å². The molecule has 1 fully saturated rings. The molecule has 0 aromatic heterocycles. The zero-order valence-electron chi connectivity index (χ0n) is 17.4. The molecular formula is C23H29ClN2O3S. The average molecular weight is 449 g/mol. The molecule has 1 saturated heterocycles. The van der Waals surface area contributed by atoms with Crippen LogP contribution in [-0.4, -0.2) is 38.6 Å². The molecule has 162 valence electrons. The van der Waals surface area contributed by atoms with E-state index in [0.29, 0.717) is 36.3 Å². The Balaban J connectivity index is 1.42. The maximum absolute atomic E-state index is 13.1. The molecule has 0 N–H and O–H groups in total. The van der Waals surface area contributed by atoms with Gasteiger partial charge in [-0.15, -0.1) is 0 Å². The summed E-state index contributed by atoms with van der Waals surface area (Å²) < 4.78 is 33.6. The number of ether oxygens (including phenoxy) is 1. The van der Waals surface area contributed by atoms with Crippen molar-refractivity contribution in [3.63, 3.8) is 0 Å². The highest BCUT2D eigenvalue weighted by Gasteiger charge is 2.33. The fourth-order valence-electron chi connectivity index (χ4n) is 4.33. The first kappa shape index (κ1) is 21.6. The van der Waals surface area contributed by atoms with Gasteiger partial charge in [0, 0.05) is 35.4 Å². The largest absolute Gasteiger partial charge is 0.356 e. The summed E-state index contributed by atoms with van der Waals surface area (Å²) in [6.45, 7) is 4.29. The number of unbranched alkanes of at least 4 members (excludes halogenated alkanes) is 1. The van der Waals surface area contributed by atoms with Crippen LogP contribution in [-0.2, 0) is 27.8 Å². The molecular weight excluding hydrogens is 420 g/mol. The first-order valence-electron chi connectivity index (χ1n) is 10.7. The zero-order chi connectivity index (χ0) is 21.1. The van der Waals surface area contributed by atoms with Crippen LogP contribution >= 0.6 is 11.6 Å². The molecule has 0 atom stereocenters. The van der Waals surface area contributed by atoms with Crippen LogP contribution in [0.1, 0.15) is 43.7 Å². The summed E-state index contributed by atoms with van der Waals surface area (Å²) in [5.74, 6) is 0. The molecule has 7 heteroatoms. The predicted molar refractivity (Wildman–Crippen MR) is 120 cm³/mol. The van der Waals surface area contributed by atoms with Gasteiger partial charge in [0.1, 0.15) is 6.73 Å². The van der Waals surface area contributed by atoms with Crippen molar-refractivity contribution in [2.24, 2.45) is 0 Å². The Kier molecular flexibility index (Phi) is 6.68. The molecule has 0 bridgehead atoms. The lowest BCUT2D eigenvalue weighted by atomic mass is 10.0. The second kappa shape index (κ2) is 9.27. The lowest BCUT2D eigenvalue weighted by Gasteiger charge is -2.41. The zero-order valence-corrected chi connectivity index (χ0v) is 19.0. The molecule has 0 aliphatic carbocycles. The minimum Gasteiger partial charge on any atom is -0.356 e. The number of hydrogen-bond donors (Lipinski definition) is 0. The fourth-order valence-corrected chi connectivity index (χ4v) is 5.99. The maximum atomic E-state index is 13.1. The van der Waals surface area contributed by atoms with E-state index >= 15 is 0 Å². The summed E-state index contributed by atoms with van der Waals surface area (Å²) in [6, 6.07) is 13.6. The first-order chi connectivity index (χ1) is 14.5. The normalized spacial score (nSPS) is 18.4. The van der Waals surface area contributed by atoms with Crippen molar-refractivity contribution in [1.29, 1.82) is 0 Å². The highest BCUT2D eigenvalue weighted by Crippen LogP contribution is 2.33. The van der Waals surface area contributed by atoms with E-state index in [1.165, 1.54) is 5.56 Å². The van der Waals surface area contributed by atoms with E-state index in [4.69, 9.17) is 16.3 Å². The molecule has 2 aliphatic heterocycles. The Hall–Kier alpha value is -1.60. The summed E-state index contributed by atoms with van der Waals surface area (Å²) >= 11 is 6.12. The van der Waals surface area contributed by atoms with E-state index in [2.05, 4.69) is 11.8 Å². The number of aryl methyl sites for hydroxylation is 1. The quantitative estimate of drug-likeness (QED) is 0.635. The number of sulfonamides is 1. The molecule has 5 nitrogen and oxygen atoms in total. The van der Waals surface area contributed by atoms with Crippen molar-refractivity contribution in [1.82, 2.24) is 4.31 Å². The molecule has 4 rings (SSSR count). The number of rotatable bonds is 6. The van der Waals surface area contributed by atoms with Gasteiger partial charge in [-0.05, 0) is 61.6 Å². The van der Waals surface area contributed by atoms with Crippen LogP contribution in [0.2, 0.25) is 5.02 Å². The van der Waals surface area contributed by atoms with Gasteiger partial charge < -0.3 is 9.64 Å². The van der Waals surface area contributed by atoms with Gasteiger partial charge >= 0.3 is 0 Å². The number of fused-ring (bicyclic) bond motifs is 1. The van der Waals surface area contributed by atoms with E-state index in [1.807, 2.05) is 30.3 Å². The fraction of sp³-hybridized carbons (Fsp3) is 0.478. The van der Waals surface area contributed by atoms with Crippen LogP contribution in [0, 0.1) is 0 Å². The van der Waals surface area contributed by atoms with Gasteiger partial charge in [-0.1, -0.05) is 37.1 Å². The number of nitrogens with zero attached hydrogens (tertiary/aromatic N) is 2. The number of halogens is 1. The van der Waals surface area contributed by atoms with Gasteiger partial charge in [-0.2, -0.15) is 4.31 Å². The first-order valence-corrected chi connectivity index (χ1v) is 12.5. The summed E-state index contributed by atoms with van der Waals surface area (Å²) in [6.07, 6.45) is 4.80. The highest BCUT2D eigenvalue weighted by molar-refractivity contribution is 7.89. The third-order valence-electron chi connectivity index (χ3n) is 6.08. The van der Waals surface area contributed by atoms with Crippen LogP contribution < -0.4 is 4.90 Å². The van der Waals surface area contributed by atoms with Crippen LogP contribution in [0.4, 0.5) is 5.69 Å². The number of anilines is 1. The number of piperidine rings is 1. The summed E-state index contributed by atoms with van der Waals surface area (Å²) in [5, 5.41) is 0.709. The third kappa shape index (κ3) is 4.52. The third-order valence-corrected chi connectivity index (χ3v) is 8.23. The highest BCUT2D eigenvalue weighted by atomic mass is 35.5. The van der Waals surface area contributed by atoms with E-state index in [0.717, 1.165) is 43.4 Å². The topological polar surface area (TPSA) is 49.9 Å². The van der Waals surface area contributed by atoms with Gasteiger partial charge in [0.05, 0.1) is 11.5 Å². The molecule has 0 amide bonds. The molecule has 0 unspecified atom stereocenters. The van der Waals surface area contributed by atoms with E-state index in [1.54, 1.807) is 16.4 Å². The van der Waals surface area contributed by atoms with E-state index in [9.17, 15) is 8.42 Å². The van der Waals surface area contributed by atoms with Crippen molar-refractivity contribution in [3.05, 3.63) is 58.6 Å². The number of benzene rings is 2. The molecule has 2 heterocycles. The van der Waals surface area contributed by atoms with Gasteiger partial charge in [0.2, 0.25) is 10.0 Å². The molecule has 0 spiro atoms. The van der Waals surface area contributed by atoms with Crippen molar-refractivity contribution >= 4 is 27.3 Å². The predicted octanol–water partition coefficient (Wildman–Crippen LogP) is 4.83. The molecule has 2 aromatic carbocycles. The van der Waals surface area contributed by atoms with Crippen LogP contribution in [0.5, 0.6) is 0 Å². The monoisotopic (exact) mass is 448 g/mol. The summed E-state index contributed by atoms with van der Waals surface area (Å²) in [5.41, 5.74) is 3.43. The van der Waals surface area contributed by atoms with Crippen LogP contribution in [0.15, 0.2) is 47.4 Å². The Morgan fingerprint density at radius 3 is 2.53 bits per heavy atom. The lowest BCUT2D eigenvalue weighted by molar-refractivity contribution is 0.0988. The van der Waals surface area contributed by atoms with Gasteiger partial charge in [0.25, 0.3) is 0 Å². The second-order valence-electron chi connectivity index (χ2n) is 8.10.